The van der Waals surface area contributed by atoms with E-state index in [0.717, 1.165) is 0 Å². The number of aromatic nitrogens is 2. The molecule has 1 unspecified atom stereocenters. The monoisotopic (exact) mass is 310 g/mol. The molecule has 7 heteroatoms. The number of carbonyl (C=O) groups excluding carboxylic acids is 1. The van der Waals surface area contributed by atoms with Crippen LogP contribution in [0.25, 0.3) is 10.9 Å². The van der Waals surface area contributed by atoms with Crippen LogP contribution < -0.4 is 5.56 Å². The fraction of sp³-hybridized carbons (Fsp3) is 0.308. The van der Waals surface area contributed by atoms with Crippen molar-refractivity contribution in [3.8, 4) is 0 Å². The van der Waals surface area contributed by atoms with E-state index in [1.165, 1.54) is 4.57 Å². The van der Waals surface area contributed by atoms with Crippen LogP contribution >= 0.6 is 24.8 Å². The highest BCUT2D eigenvalue weighted by atomic mass is 32.1. The second-order valence-electron chi connectivity index (χ2n) is 4.10. The fourth-order valence-electron chi connectivity index (χ4n) is 1.96. The standard InChI is InChI=1S/C13H14N2O3S2/c1-2-18-12(17)10(7-19)15-11(16)8-5-3-4-6-9(8)14-13(15)20/h3-6,10,19H,2,7H2,1H3,(H,14,20). The summed E-state index contributed by atoms with van der Waals surface area (Å²) in [7, 11) is 0. The maximum absolute atomic E-state index is 12.5. The first-order valence-electron chi connectivity index (χ1n) is 6.11. The molecule has 1 heterocycles. The summed E-state index contributed by atoms with van der Waals surface area (Å²) in [5.41, 5.74) is 0.317. The first-order valence-corrected chi connectivity index (χ1v) is 7.15. The van der Waals surface area contributed by atoms with Crippen molar-refractivity contribution in [2.75, 3.05) is 12.4 Å². The molecule has 1 aromatic heterocycles. The average molecular weight is 310 g/mol. The van der Waals surface area contributed by atoms with Crippen LogP contribution in [0.3, 0.4) is 0 Å². The fourth-order valence-corrected chi connectivity index (χ4v) is 2.59. The molecule has 0 aliphatic carbocycles. The van der Waals surface area contributed by atoms with Crippen molar-refractivity contribution in [3.05, 3.63) is 39.4 Å². The Bertz CT molecular complexity index is 751. The summed E-state index contributed by atoms with van der Waals surface area (Å²) in [6.45, 7) is 1.94. The highest BCUT2D eigenvalue weighted by Gasteiger charge is 2.23. The third-order valence-corrected chi connectivity index (χ3v) is 3.52. The molecule has 1 atom stereocenters. The second-order valence-corrected chi connectivity index (χ2v) is 4.85. The lowest BCUT2D eigenvalue weighted by Gasteiger charge is -2.16. The summed E-state index contributed by atoms with van der Waals surface area (Å²) in [6, 6.07) is 6.17. The van der Waals surface area contributed by atoms with Gasteiger partial charge in [-0.15, -0.1) is 0 Å². The lowest BCUT2D eigenvalue weighted by Crippen LogP contribution is -2.33. The van der Waals surface area contributed by atoms with Crippen molar-refractivity contribution >= 4 is 41.7 Å². The molecule has 106 valence electrons. The Morgan fingerprint density at radius 3 is 2.85 bits per heavy atom. The van der Waals surface area contributed by atoms with E-state index in [4.69, 9.17) is 17.0 Å². The van der Waals surface area contributed by atoms with E-state index in [-0.39, 0.29) is 22.7 Å². The minimum absolute atomic E-state index is 0.133. The van der Waals surface area contributed by atoms with E-state index in [1.807, 2.05) is 0 Å². The molecule has 0 aliphatic rings. The molecule has 0 aliphatic heterocycles. The van der Waals surface area contributed by atoms with Crippen molar-refractivity contribution in [1.29, 1.82) is 0 Å². The van der Waals surface area contributed by atoms with Crippen molar-refractivity contribution < 1.29 is 9.53 Å². The Kier molecular flexibility index (Phi) is 4.61. The van der Waals surface area contributed by atoms with E-state index >= 15 is 0 Å². The third kappa shape index (κ3) is 2.64. The normalized spacial score (nSPS) is 12.3. The van der Waals surface area contributed by atoms with E-state index in [1.54, 1.807) is 31.2 Å². The minimum Gasteiger partial charge on any atom is -0.464 e. The smallest absolute Gasteiger partial charge is 0.330 e. The number of rotatable bonds is 4. The van der Waals surface area contributed by atoms with Crippen molar-refractivity contribution in [2.24, 2.45) is 0 Å². The number of nitrogens with zero attached hydrogens (tertiary/aromatic N) is 1. The number of esters is 1. The summed E-state index contributed by atoms with van der Waals surface area (Å²) >= 11 is 9.31. The molecule has 0 amide bonds. The molecular formula is C13H14N2O3S2. The van der Waals surface area contributed by atoms with Crippen LogP contribution in [-0.4, -0.2) is 27.9 Å². The van der Waals surface area contributed by atoms with E-state index < -0.39 is 12.0 Å². The van der Waals surface area contributed by atoms with Crippen LogP contribution in [0.1, 0.15) is 13.0 Å². The molecular weight excluding hydrogens is 296 g/mol. The first kappa shape index (κ1) is 14.8. The Morgan fingerprint density at radius 1 is 1.50 bits per heavy atom. The number of nitrogens with one attached hydrogen (secondary N) is 1. The minimum atomic E-state index is -0.834. The average Bonchev–Trinajstić information content (AvgIpc) is 2.43. The van der Waals surface area contributed by atoms with Gasteiger partial charge in [-0.05, 0) is 31.3 Å². The molecule has 2 rings (SSSR count). The zero-order valence-corrected chi connectivity index (χ0v) is 12.5. The quantitative estimate of drug-likeness (QED) is 0.516. The lowest BCUT2D eigenvalue weighted by molar-refractivity contribution is -0.146. The van der Waals surface area contributed by atoms with Gasteiger partial charge in [0.05, 0.1) is 17.5 Å². The molecule has 0 spiro atoms. The summed E-state index contributed by atoms with van der Waals surface area (Å²) in [6.07, 6.45) is 0. The highest BCUT2D eigenvalue weighted by molar-refractivity contribution is 7.80. The van der Waals surface area contributed by atoms with Gasteiger partial charge in [0.15, 0.2) is 4.77 Å². The maximum Gasteiger partial charge on any atom is 0.330 e. The van der Waals surface area contributed by atoms with Gasteiger partial charge in [-0.1, -0.05) is 12.1 Å². The van der Waals surface area contributed by atoms with Gasteiger partial charge in [0, 0.05) is 5.75 Å². The van der Waals surface area contributed by atoms with Gasteiger partial charge < -0.3 is 9.72 Å². The Morgan fingerprint density at radius 2 is 2.20 bits per heavy atom. The number of H-pyrrole nitrogens is 1. The number of aromatic amines is 1. The van der Waals surface area contributed by atoms with E-state index in [9.17, 15) is 9.59 Å². The Balaban J connectivity index is 2.67. The summed E-state index contributed by atoms with van der Waals surface area (Å²) in [5.74, 6) is -0.381. The number of carbonyl (C=O) groups is 1. The van der Waals surface area contributed by atoms with Crippen LogP contribution in [0.2, 0.25) is 0 Å². The van der Waals surface area contributed by atoms with E-state index in [0.29, 0.717) is 10.9 Å². The van der Waals surface area contributed by atoms with Crippen LogP contribution in [0.15, 0.2) is 29.1 Å². The van der Waals surface area contributed by atoms with Gasteiger partial charge in [0.1, 0.15) is 6.04 Å². The van der Waals surface area contributed by atoms with Crippen LogP contribution in [-0.2, 0) is 9.53 Å². The van der Waals surface area contributed by atoms with Gasteiger partial charge in [0.25, 0.3) is 5.56 Å². The molecule has 2 aromatic rings. The molecule has 0 fully saturated rings. The van der Waals surface area contributed by atoms with Crippen LogP contribution in [0.4, 0.5) is 0 Å². The summed E-state index contributed by atoms with van der Waals surface area (Å²) in [4.78, 5) is 27.4. The molecule has 0 bridgehead atoms. The Hall–Kier alpha value is -1.60. The summed E-state index contributed by atoms with van der Waals surface area (Å²) < 4.78 is 6.37. The molecule has 1 N–H and O–H groups in total. The second kappa shape index (κ2) is 6.23. The number of thiol groups is 1. The van der Waals surface area contributed by atoms with Crippen molar-refractivity contribution in [3.63, 3.8) is 0 Å². The van der Waals surface area contributed by atoms with Crippen molar-refractivity contribution in [2.45, 2.75) is 13.0 Å². The predicted octanol–water partition coefficient (Wildman–Crippen LogP) is 2.09. The predicted molar refractivity (Wildman–Crippen MR) is 82.9 cm³/mol. The molecule has 5 nitrogen and oxygen atoms in total. The maximum atomic E-state index is 12.5. The molecule has 1 aromatic carbocycles. The Labute approximate surface area is 126 Å². The largest absolute Gasteiger partial charge is 0.464 e. The topological polar surface area (TPSA) is 64.1 Å². The molecule has 20 heavy (non-hydrogen) atoms. The molecule has 0 saturated carbocycles. The number of fused-ring (bicyclic) bond motifs is 1. The van der Waals surface area contributed by atoms with Gasteiger partial charge in [0.2, 0.25) is 0 Å². The first-order chi connectivity index (χ1) is 9.60. The van der Waals surface area contributed by atoms with Gasteiger partial charge >= 0.3 is 5.97 Å². The number of hydrogen-bond acceptors (Lipinski definition) is 5. The SMILES string of the molecule is CCOC(=O)C(CS)n1c(=S)[nH]c2ccccc2c1=O. The van der Waals surface area contributed by atoms with Crippen LogP contribution in [0, 0.1) is 4.77 Å². The van der Waals surface area contributed by atoms with Gasteiger partial charge in [-0.2, -0.15) is 12.6 Å². The number of benzene rings is 1. The third-order valence-electron chi connectivity index (χ3n) is 2.88. The zero-order valence-electron chi connectivity index (χ0n) is 10.8. The number of hydrogen-bond donors (Lipinski definition) is 2. The molecule has 0 radical (unpaired) electrons. The van der Waals surface area contributed by atoms with Gasteiger partial charge in [-0.25, -0.2) is 4.79 Å². The van der Waals surface area contributed by atoms with Gasteiger partial charge in [-0.3, -0.25) is 9.36 Å². The molecule has 0 saturated heterocycles. The van der Waals surface area contributed by atoms with E-state index in [2.05, 4.69) is 17.6 Å². The van der Waals surface area contributed by atoms with Crippen molar-refractivity contribution in [1.82, 2.24) is 9.55 Å². The summed E-state index contributed by atoms with van der Waals surface area (Å²) in [5, 5.41) is 0.470. The number of para-hydroxylation sites is 1. The number of ether oxygens (including phenoxy) is 1. The lowest BCUT2D eigenvalue weighted by atomic mass is 10.2. The van der Waals surface area contributed by atoms with Crippen LogP contribution in [0.5, 0.6) is 0 Å². The zero-order chi connectivity index (χ0) is 14.7. The highest BCUT2D eigenvalue weighted by Crippen LogP contribution is 2.13.